The summed E-state index contributed by atoms with van der Waals surface area (Å²) in [6.45, 7) is 4.83. The Balaban J connectivity index is 2.67. The summed E-state index contributed by atoms with van der Waals surface area (Å²) in [5.41, 5.74) is 0. The maximum absolute atomic E-state index is 5.03. The van der Waals surface area contributed by atoms with Crippen LogP contribution in [0.15, 0.2) is 12.4 Å². The van der Waals surface area contributed by atoms with Crippen molar-refractivity contribution >= 4 is 0 Å². The lowest BCUT2D eigenvalue weighted by Crippen LogP contribution is -2.11. The zero-order chi connectivity index (χ0) is 8.27. The molecule has 0 aliphatic heterocycles. The minimum absolute atomic E-state index is 0.377. The van der Waals surface area contributed by atoms with Gasteiger partial charge in [-0.1, -0.05) is 0 Å². The van der Waals surface area contributed by atoms with E-state index in [1.807, 2.05) is 19.3 Å². The molecule has 1 aromatic heterocycles. The molecule has 3 heteroatoms. The molecule has 0 saturated carbocycles. The van der Waals surface area contributed by atoms with Crippen molar-refractivity contribution in [1.29, 1.82) is 0 Å². The zero-order valence-electron chi connectivity index (χ0n) is 7.24. The molecule has 1 heterocycles. The van der Waals surface area contributed by atoms with E-state index in [0.717, 1.165) is 12.4 Å². The molecule has 1 unspecified atom stereocenters. The van der Waals surface area contributed by atoms with Crippen LogP contribution in [0.1, 0.15) is 18.8 Å². The first-order valence-corrected chi connectivity index (χ1v) is 3.74. The van der Waals surface area contributed by atoms with Crippen LogP contribution < -0.4 is 0 Å². The van der Waals surface area contributed by atoms with Gasteiger partial charge in [0.2, 0.25) is 0 Å². The van der Waals surface area contributed by atoms with Gasteiger partial charge >= 0.3 is 0 Å². The van der Waals surface area contributed by atoms with E-state index in [0.29, 0.717) is 6.04 Å². The maximum atomic E-state index is 5.03. The Bertz CT molecular complexity index is 220. The predicted octanol–water partition coefficient (Wildman–Crippen LogP) is 1.40. The van der Waals surface area contributed by atoms with Crippen LogP contribution in [-0.2, 0) is 4.74 Å². The number of aromatic nitrogens is 2. The Labute approximate surface area is 67.0 Å². The van der Waals surface area contributed by atoms with Crippen molar-refractivity contribution < 1.29 is 4.74 Å². The van der Waals surface area contributed by atoms with Crippen LogP contribution >= 0.6 is 0 Å². The molecule has 0 aromatic carbocycles. The van der Waals surface area contributed by atoms with E-state index in [1.54, 1.807) is 7.11 Å². The topological polar surface area (TPSA) is 27.1 Å². The van der Waals surface area contributed by atoms with Gasteiger partial charge in [0.15, 0.2) is 0 Å². The van der Waals surface area contributed by atoms with Gasteiger partial charge in [0.05, 0.1) is 12.6 Å². The minimum Gasteiger partial charge on any atom is -0.383 e. The van der Waals surface area contributed by atoms with Crippen molar-refractivity contribution in [2.45, 2.75) is 19.9 Å². The first-order valence-electron chi connectivity index (χ1n) is 3.74. The largest absolute Gasteiger partial charge is 0.383 e. The highest BCUT2D eigenvalue weighted by Crippen LogP contribution is 2.07. The number of imidazole rings is 1. The molecule has 62 valence electrons. The molecule has 1 rings (SSSR count). The fraction of sp³-hybridized carbons (Fsp3) is 0.625. The van der Waals surface area contributed by atoms with E-state index in [1.165, 1.54) is 0 Å². The van der Waals surface area contributed by atoms with Gasteiger partial charge in [0.1, 0.15) is 5.82 Å². The van der Waals surface area contributed by atoms with E-state index < -0.39 is 0 Å². The smallest absolute Gasteiger partial charge is 0.105 e. The normalized spacial score (nSPS) is 13.4. The number of ether oxygens (including phenoxy) is 1. The summed E-state index contributed by atoms with van der Waals surface area (Å²) in [5, 5.41) is 0. The number of methoxy groups -OCH3 is 1. The molecule has 0 aliphatic carbocycles. The molecule has 0 amide bonds. The van der Waals surface area contributed by atoms with Crippen LogP contribution in [0.25, 0.3) is 0 Å². The summed E-state index contributed by atoms with van der Waals surface area (Å²) in [6, 6.07) is 0.377. The zero-order valence-corrected chi connectivity index (χ0v) is 7.24. The molecule has 0 N–H and O–H groups in total. The van der Waals surface area contributed by atoms with Crippen LogP contribution in [0.5, 0.6) is 0 Å². The van der Waals surface area contributed by atoms with Gasteiger partial charge in [0, 0.05) is 19.5 Å². The number of rotatable bonds is 3. The van der Waals surface area contributed by atoms with E-state index in [4.69, 9.17) is 4.74 Å². The summed E-state index contributed by atoms with van der Waals surface area (Å²) in [6.07, 6.45) is 3.78. The molecule has 0 saturated heterocycles. The average Bonchev–Trinajstić information content (AvgIpc) is 2.36. The fourth-order valence-electron chi connectivity index (χ4n) is 1.17. The van der Waals surface area contributed by atoms with Gasteiger partial charge in [-0.05, 0) is 13.8 Å². The third kappa shape index (κ3) is 1.80. The SMILES string of the molecule is COCC(C)n1ccnc1C. The molecule has 0 spiro atoms. The summed E-state index contributed by atoms with van der Waals surface area (Å²) in [5.74, 6) is 1.04. The summed E-state index contributed by atoms with van der Waals surface area (Å²) < 4.78 is 7.13. The Morgan fingerprint density at radius 2 is 2.45 bits per heavy atom. The van der Waals surface area contributed by atoms with Crippen molar-refractivity contribution in [3.05, 3.63) is 18.2 Å². The third-order valence-corrected chi connectivity index (χ3v) is 1.75. The number of hydrogen-bond donors (Lipinski definition) is 0. The lowest BCUT2D eigenvalue weighted by Gasteiger charge is -2.13. The summed E-state index contributed by atoms with van der Waals surface area (Å²) in [7, 11) is 1.71. The van der Waals surface area contributed by atoms with Crippen molar-refractivity contribution in [1.82, 2.24) is 9.55 Å². The van der Waals surface area contributed by atoms with Crippen LogP contribution in [-0.4, -0.2) is 23.3 Å². The van der Waals surface area contributed by atoms with E-state index in [-0.39, 0.29) is 0 Å². The van der Waals surface area contributed by atoms with Gasteiger partial charge in [-0.3, -0.25) is 0 Å². The number of nitrogens with zero attached hydrogens (tertiary/aromatic N) is 2. The molecule has 3 nitrogen and oxygen atoms in total. The summed E-state index contributed by atoms with van der Waals surface area (Å²) >= 11 is 0. The first kappa shape index (κ1) is 8.27. The van der Waals surface area contributed by atoms with Crippen molar-refractivity contribution in [2.24, 2.45) is 0 Å². The van der Waals surface area contributed by atoms with E-state index >= 15 is 0 Å². The molecule has 0 fully saturated rings. The van der Waals surface area contributed by atoms with E-state index in [2.05, 4.69) is 16.5 Å². The predicted molar refractivity (Wildman–Crippen MR) is 43.6 cm³/mol. The van der Waals surface area contributed by atoms with Gasteiger partial charge in [-0.15, -0.1) is 0 Å². The van der Waals surface area contributed by atoms with Gasteiger partial charge in [0.25, 0.3) is 0 Å². The van der Waals surface area contributed by atoms with Gasteiger partial charge in [-0.2, -0.15) is 0 Å². The summed E-state index contributed by atoms with van der Waals surface area (Å²) in [4.78, 5) is 4.13. The molecule has 0 radical (unpaired) electrons. The molecule has 0 bridgehead atoms. The quantitative estimate of drug-likeness (QED) is 0.658. The highest BCUT2D eigenvalue weighted by atomic mass is 16.5. The Hall–Kier alpha value is -0.830. The minimum atomic E-state index is 0.377. The second-order valence-corrected chi connectivity index (χ2v) is 2.69. The van der Waals surface area contributed by atoms with Crippen LogP contribution in [0.2, 0.25) is 0 Å². The van der Waals surface area contributed by atoms with Gasteiger partial charge < -0.3 is 9.30 Å². The lowest BCUT2D eigenvalue weighted by atomic mass is 10.3. The first-order chi connectivity index (χ1) is 5.25. The second-order valence-electron chi connectivity index (χ2n) is 2.69. The Morgan fingerprint density at radius 1 is 1.73 bits per heavy atom. The lowest BCUT2D eigenvalue weighted by molar-refractivity contribution is 0.161. The third-order valence-electron chi connectivity index (χ3n) is 1.75. The van der Waals surface area contributed by atoms with Crippen LogP contribution in [0, 0.1) is 6.92 Å². The van der Waals surface area contributed by atoms with Crippen molar-refractivity contribution in [2.75, 3.05) is 13.7 Å². The standard InChI is InChI=1S/C8H14N2O/c1-7(6-11-3)10-5-4-9-8(10)2/h4-5,7H,6H2,1-3H3. The Morgan fingerprint density at radius 3 is 2.91 bits per heavy atom. The molecule has 1 aromatic rings. The highest BCUT2D eigenvalue weighted by molar-refractivity contribution is 4.91. The number of aryl methyl sites for hydroxylation is 1. The van der Waals surface area contributed by atoms with Gasteiger partial charge in [-0.25, -0.2) is 4.98 Å². The maximum Gasteiger partial charge on any atom is 0.105 e. The molecule has 11 heavy (non-hydrogen) atoms. The fourth-order valence-corrected chi connectivity index (χ4v) is 1.17. The highest BCUT2D eigenvalue weighted by Gasteiger charge is 2.04. The molecular formula is C8H14N2O. The van der Waals surface area contributed by atoms with Crippen molar-refractivity contribution in [3.8, 4) is 0 Å². The monoisotopic (exact) mass is 154 g/mol. The molecule has 1 atom stereocenters. The molecule has 0 aliphatic rings. The van der Waals surface area contributed by atoms with E-state index in [9.17, 15) is 0 Å². The van der Waals surface area contributed by atoms with Crippen LogP contribution in [0.3, 0.4) is 0 Å². The Kier molecular flexibility index (Phi) is 2.65. The van der Waals surface area contributed by atoms with Crippen molar-refractivity contribution in [3.63, 3.8) is 0 Å². The average molecular weight is 154 g/mol. The van der Waals surface area contributed by atoms with Crippen LogP contribution in [0.4, 0.5) is 0 Å². The second kappa shape index (κ2) is 3.53. The number of hydrogen-bond acceptors (Lipinski definition) is 2. The molecular weight excluding hydrogens is 140 g/mol.